The Labute approximate surface area is 110 Å². The summed E-state index contributed by atoms with van der Waals surface area (Å²) in [5.74, 6) is 0.518. The van der Waals surface area contributed by atoms with E-state index in [-0.39, 0.29) is 12.0 Å². The van der Waals surface area contributed by atoms with Crippen molar-refractivity contribution in [1.82, 2.24) is 5.32 Å². The molecule has 0 bridgehead atoms. The fourth-order valence-corrected chi connectivity index (χ4v) is 3.40. The fourth-order valence-electron chi connectivity index (χ4n) is 3.40. The molecule has 0 spiro atoms. The monoisotopic (exact) mass is 254 g/mol. The van der Waals surface area contributed by atoms with E-state index in [0.29, 0.717) is 0 Å². The van der Waals surface area contributed by atoms with Gasteiger partial charge in [0.15, 0.2) is 0 Å². The van der Waals surface area contributed by atoms with E-state index < -0.39 is 5.54 Å². The molecule has 2 fully saturated rings. The second-order valence-corrected chi connectivity index (χ2v) is 5.83. The van der Waals surface area contributed by atoms with Gasteiger partial charge in [0.25, 0.3) is 0 Å². The summed E-state index contributed by atoms with van der Waals surface area (Å²) in [7, 11) is 0. The number of carbonyl (C=O) groups is 1. The summed E-state index contributed by atoms with van der Waals surface area (Å²) in [6.07, 6.45) is 8.01. The molecule has 0 aliphatic heterocycles. The summed E-state index contributed by atoms with van der Waals surface area (Å²) in [4.78, 5) is 11.6. The van der Waals surface area contributed by atoms with Crippen molar-refractivity contribution < 1.29 is 9.53 Å². The average molecular weight is 254 g/mol. The zero-order valence-electron chi connectivity index (χ0n) is 11.4. The first-order chi connectivity index (χ1) is 8.66. The smallest absolute Gasteiger partial charge is 0.237 e. The summed E-state index contributed by atoms with van der Waals surface area (Å²) >= 11 is 0. The molecular formula is C14H26N2O2. The minimum atomic E-state index is -0.519. The van der Waals surface area contributed by atoms with E-state index >= 15 is 0 Å². The number of likely N-dealkylation sites (N-methyl/N-ethyl adjacent to an activating group) is 1. The summed E-state index contributed by atoms with van der Waals surface area (Å²) in [5, 5.41) is 3.26. The van der Waals surface area contributed by atoms with Crippen molar-refractivity contribution in [3.63, 3.8) is 0 Å². The van der Waals surface area contributed by atoms with Gasteiger partial charge in [-0.1, -0.05) is 19.8 Å². The minimum Gasteiger partial charge on any atom is -0.378 e. The molecule has 4 heteroatoms. The first kappa shape index (κ1) is 13.8. The number of ether oxygens (including phenoxy) is 1. The quantitative estimate of drug-likeness (QED) is 0.756. The van der Waals surface area contributed by atoms with Crippen molar-refractivity contribution in [3.05, 3.63) is 0 Å². The predicted octanol–water partition coefficient (Wildman–Crippen LogP) is 1.58. The van der Waals surface area contributed by atoms with Crippen molar-refractivity contribution in [2.45, 2.75) is 63.5 Å². The topological polar surface area (TPSA) is 64.3 Å². The Morgan fingerprint density at radius 1 is 1.39 bits per heavy atom. The normalized spacial score (nSPS) is 33.1. The highest BCUT2D eigenvalue weighted by atomic mass is 16.5. The molecule has 2 unspecified atom stereocenters. The number of hydrogen-bond donors (Lipinski definition) is 2. The van der Waals surface area contributed by atoms with Crippen LogP contribution < -0.4 is 11.1 Å². The van der Waals surface area contributed by atoms with Gasteiger partial charge in [-0.05, 0) is 38.1 Å². The van der Waals surface area contributed by atoms with Crippen LogP contribution in [0.4, 0.5) is 0 Å². The van der Waals surface area contributed by atoms with E-state index in [1.54, 1.807) is 0 Å². The molecule has 2 atom stereocenters. The van der Waals surface area contributed by atoms with Crippen LogP contribution >= 0.6 is 0 Å². The standard InChI is InChI=1S/C14H26N2O2/c1-2-16-14(13(15)17)8-7-12(9-14)18-10-11-5-3-4-6-11/h11-12,16H,2-10H2,1H3,(H2,15,17). The third-order valence-corrected chi connectivity index (χ3v) is 4.50. The maximum absolute atomic E-state index is 11.6. The highest BCUT2D eigenvalue weighted by Crippen LogP contribution is 2.33. The zero-order chi connectivity index (χ0) is 13.0. The largest absolute Gasteiger partial charge is 0.378 e. The van der Waals surface area contributed by atoms with Gasteiger partial charge < -0.3 is 15.8 Å². The van der Waals surface area contributed by atoms with Crippen LogP contribution in [0, 0.1) is 5.92 Å². The highest BCUT2D eigenvalue weighted by Gasteiger charge is 2.43. The van der Waals surface area contributed by atoms with Gasteiger partial charge >= 0.3 is 0 Å². The number of nitrogens with one attached hydrogen (secondary N) is 1. The molecule has 0 heterocycles. The summed E-state index contributed by atoms with van der Waals surface area (Å²) in [6.45, 7) is 3.65. The summed E-state index contributed by atoms with van der Waals surface area (Å²) in [6, 6.07) is 0. The van der Waals surface area contributed by atoms with Gasteiger partial charge in [-0.25, -0.2) is 0 Å². The molecule has 3 N–H and O–H groups in total. The van der Waals surface area contributed by atoms with Crippen LogP contribution in [0.5, 0.6) is 0 Å². The maximum Gasteiger partial charge on any atom is 0.237 e. The van der Waals surface area contributed by atoms with Crippen LogP contribution in [0.25, 0.3) is 0 Å². The first-order valence-electron chi connectivity index (χ1n) is 7.33. The van der Waals surface area contributed by atoms with Gasteiger partial charge in [0, 0.05) is 13.0 Å². The molecule has 104 valence electrons. The van der Waals surface area contributed by atoms with Crippen LogP contribution in [-0.4, -0.2) is 30.7 Å². The lowest BCUT2D eigenvalue weighted by Crippen LogP contribution is -2.53. The SMILES string of the molecule is CCNC1(C(N)=O)CCC(OCC2CCCC2)C1. The summed E-state index contributed by atoms with van der Waals surface area (Å²) in [5.41, 5.74) is 5.02. The number of nitrogens with two attached hydrogens (primary N) is 1. The molecule has 0 radical (unpaired) electrons. The van der Waals surface area contributed by atoms with Crippen molar-refractivity contribution >= 4 is 5.91 Å². The van der Waals surface area contributed by atoms with Crippen molar-refractivity contribution in [3.8, 4) is 0 Å². The Hall–Kier alpha value is -0.610. The number of primary amides is 1. The van der Waals surface area contributed by atoms with Gasteiger partial charge in [0.05, 0.1) is 6.10 Å². The zero-order valence-corrected chi connectivity index (χ0v) is 11.4. The minimum absolute atomic E-state index is 0.206. The van der Waals surface area contributed by atoms with Gasteiger partial charge in [-0.15, -0.1) is 0 Å². The van der Waals surface area contributed by atoms with Crippen molar-refractivity contribution in [1.29, 1.82) is 0 Å². The van der Waals surface area contributed by atoms with E-state index in [1.165, 1.54) is 25.7 Å². The van der Waals surface area contributed by atoms with E-state index in [9.17, 15) is 4.79 Å². The van der Waals surface area contributed by atoms with Crippen molar-refractivity contribution in [2.24, 2.45) is 11.7 Å². The van der Waals surface area contributed by atoms with Gasteiger partial charge in [-0.2, -0.15) is 0 Å². The average Bonchev–Trinajstić information content (AvgIpc) is 2.96. The van der Waals surface area contributed by atoms with Crippen LogP contribution in [-0.2, 0) is 9.53 Å². The van der Waals surface area contributed by atoms with Gasteiger partial charge in [0.1, 0.15) is 5.54 Å². The van der Waals surface area contributed by atoms with Crippen molar-refractivity contribution in [2.75, 3.05) is 13.2 Å². The Morgan fingerprint density at radius 2 is 2.11 bits per heavy atom. The third-order valence-electron chi connectivity index (χ3n) is 4.50. The molecule has 2 aliphatic carbocycles. The number of amides is 1. The third kappa shape index (κ3) is 3.04. The molecule has 0 aromatic heterocycles. The second kappa shape index (κ2) is 6.02. The molecule has 2 aliphatic rings. The first-order valence-corrected chi connectivity index (χ1v) is 7.33. The number of rotatable bonds is 6. The number of carbonyl (C=O) groups excluding carboxylic acids is 1. The molecule has 0 aromatic carbocycles. The molecule has 2 rings (SSSR count). The van der Waals surface area contributed by atoms with Gasteiger partial charge in [-0.3, -0.25) is 4.79 Å². The Balaban J connectivity index is 1.80. The molecule has 18 heavy (non-hydrogen) atoms. The van der Waals surface area contributed by atoms with Crippen LogP contribution in [0.2, 0.25) is 0 Å². The van der Waals surface area contributed by atoms with E-state index in [4.69, 9.17) is 10.5 Å². The molecule has 4 nitrogen and oxygen atoms in total. The molecule has 0 saturated heterocycles. The Kier molecular flexibility index (Phi) is 4.62. The van der Waals surface area contributed by atoms with Crippen LogP contribution in [0.1, 0.15) is 51.9 Å². The predicted molar refractivity (Wildman–Crippen MR) is 71.2 cm³/mol. The molecule has 2 saturated carbocycles. The molecular weight excluding hydrogens is 228 g/mol. The number of hydrogen-bond acceptors (Lipinski definition) is 3. The van der Waals surface area contributed by atoms with Crippen LogP contribution in [0.3, 0.4) is 0 Å². The van der Waals surface area contributed by atoms with E-state index in [0.717, 1.165) is 38.3 Å². The summed E-state index contributed by atoms with van der Waals surface area (Å²) < 4.78 is 5.99. The lowest BCUT2D eigenvalue weighted by atomic mass is 9.96. The van der Waals surface area contributed by atoms with Crippen LogP contribution in [0.15, 0.2) is 0 Å². The lowest BCUT2D eigenvalue weighted by molar-refractivity contribution is -0.124. The Bertz CT molecular complexity index is 290. The Morgan fingerprint density at radius 3 is 2.72 bits per heavy atom. The maximum atomic E-state index is 11.6. The molecule has 1 amide bonds. The highest BCUT2D eigenvalue weighted by molar-refractivity contribution is 5.85. The lowest BCUT2D eigenvalue weighted by Gasteiger charge is -2.26. The van der Waals surface area contributed by atoms with E-state index in [2.05, 4.69) is 5.32 Å². The van der Waals surface area contributed by atoms with Gasteiger partial charge in [0.2, 0.25) is 5.91 Å². The molecule has 0 aromatic rings. The fraction of sp³-hybridized carbons (Fsp3) is 0.929. The second-order valence-electron chi connectivity index (χ2n) is 5.83. The van der Waals surface area contributed by atoms with E-state index in [1.807, 2.05) is 6.92 Å².